The number of hydrogen-bond donors (Lipinski definition) is 2. The quantitative estimate of drug-likeness (QED) is 0.872. The summed E-state index contributed by atoms with van der Waals surface area (Å²) >= 11 is 0. The van der Waals surface area contributed by atoms with E-state index in [1.165, 1.54) is 0 Å². The van der Waals surface area contributed by atoms with Gasteiger partial charge < -0.3 is 20.1 Å². The largest absolute Gasteiger partial charge is 0.493 e. The van der Waals surface area contributed by atoms with Crippen molar-refractivity contribution in [3.05, 3.63) is 30.3 Å². The predicted octanol–water partition coefficient (Wildman–Crippen LogP) is 1.03. The van der Waals surface area contributed by atoms with E-state index in [1.54, 1.807) is 0 Å². The Balaban J connectivity index is 1.41. The second kappa shape index (κ2) is 7.11. The summed E-state index contributed by atoms with van der Waals surface area (Å²) < 4.78 is 5.81. The summed E-state index contributed by atoms with van der Waals surface area (Å²) in [6.45, 7) is 2.82. The van der Waals surface area contributed by atoms with Gasteiger partial charge in [-0.1, -0.05) is 18.2 Å². The second-order valence-electron chi connectivity index (χ2n) is 6.24. The zero-order valence-corrected chi connectivity index (χ0v) is 12.8. The van der Waals surface area contributed by atoms with Crippen molar-refractivity contribution in [2.45, 2.75) is 31.4 Å². The highest BCUT2D eigenvalue weighted by Crippen LogP contribution is 2.21. The van der Waals surface area contributed by atoms with E-state index in [0.717, 1.165) is 31.7 Å². The third-order valence-corrected chi connectivity index (χ3v) is 4.56. The fourth-order valence-corrected chi connectivity index (χ4v) is 3.18. The zero-order chi connectivity index (χ0) is 15.4. The van der Waals surface area contributed by atoms with Gasteiger partial charge in [0, 0.05) is 19.6 Å². The van der Waals surface area contributed by atoms with Crippen molar-refractivity contribution in [3.8, 4) is 5.75 Å². The molecule has 0 aromatic heterocycles. The van der Waals surface area contributed by atoms with Crippen LogP contribution < -0.4 is 10.1 Å². The van der Waals surface area contributed by atoms with Gasteiger partial charge in [-0.25, -0.2) is 0 Å². The number of nitrogens with zero attached hydrogens (tertiary/aromatic N) is 1. The van der Waals surface area contributed by atoms with Crippen LogP contribution in [0.5, 0.6) is 5.75 Å². The van der Waals surface area contributed by atoms with Gasteiger partial charge >= 0.3 is 0 Å². The van der Waals surface area contributed by atoms with Crippen molar-refractivity contribution >= 4 is 5.91 Å². The molecule has 3 rings (SSSR count). The molecule has 2 unspecified atom stereocenters. The monoisotopic (exact) mass is 304 g/mol. The molecule has 1 amide bonds. The Bertz CT molecular complexity index is 486. The van der Waals surface area contributed by atoms with Gasteiger partial charge in [-0.2, -0.15) is 0 Å². The summed E-state index contributed by atoms with van der Waals surface area (Å²) in [5.41, 5.74) is 0. The fourth-order valence-electron chi connectivity index (χ4n) is 3.18. The predicted molar refractivity (Wildman–Crippen MR) is 83.7 cm³/mol. The molecule has 0 aliphatic carbocycles. The average Bonchev–Trinajstić information content (AvgIpc) is 3.00. The summed E-state index contributed by atoms with van der Waals surface area (Å²) in [4.78, 5) is 14.3. The molecule has 22 heavy (non-hydrogen) atoms. The number of ether oxygens (including phenoxy) is 1. The molecule has 0 saturated carbocycles. The normalized spacial score (nSPS) is 26.1. The maximum Gasteiger partial charge on any atom is 0.239 e. The molecule has 0 spiro atoms. The molecule has 2 fully saturated rings. The summed E-state index contributed by atoms with van der Waals surface area (Å²) in [7, 11) is 0. The first-order chi connectivity index (χ1) is 10.7. The number of carbonyl (C=O) groups excluding carboxylic acids is 1. The third kappa shape index (κ3) is 3.78. The first-order valence-corrected chi connectivity index (χ1v) is 8.10. The maximum absolute atomic E-state index is 12.4. The first kappa shape index (κ1) is 15.3. The molecule has 2 saturated heterocycles. The Kier molecular flexibility index (Phi) is 4.95. The van der Waals surface area contributed by atoms with Crippen LogP contribution in [0.15, 0.2) is 30.3 Å². The SMILES string of the molecule is O=C(C1CC(O)CN1)N1CCC(COc2ccccc2)CC1. The van der Waals surface area contributed by atoms with Crippen molar-refractivity contribution in [1.29, 1.82) is 0 Å². The highest BCUT2D eigenvalue weighted by molar-refractivity contribution is 5.82. The minimum absolute atomic E-state index is 0.138. The summed E-state index contributed by atoms with van der Waals surface area (Å²) in [5.74, 6) is 1.55. The van der Waals surface area contributed by atoms with E-state index in [9.17, 15) is 9.90 Å². The molecule has 1 aromatic carbocycles. The molecule has 2 atom stereocenters. The van der Waals surface area contributed by atoms with Crippen molar-refractivity contribution in [2.75, 3.05) is 26.2 Å². The van der Waals surface area contributed by atoms with Gasteiger partial charge in [0.15, 0.2) is 0 Å². The van der Waals surface area contributed by atoms with Gasteiger partial charge in [-0.3, -0.25) is 4.79 Å². The van der Waals surface area contributed by atoms with Crippen LogP contribution in [0.2, 0.25) is 0 Å². The number of para-hydroxylation sites is 1. The van der Waals surface area contributed by atoms with Gasteiger partial charge in [0.05, 0.1) is 18.8 Å². The molecule has 0 radical (unpaired) electrons. The van der Waals surface area contributed by atoms with Gasteiger partial charge in [-0.15, -0.1) is 0 Å². The van der Waals surface area contributed by atoms with Crippen LogP contribution in [-0.4, -0.2) is 54.3 Å². The number of aliphatic hydroxyl groups is 1. The molecule has 2 N–H and O–H groups in total. The number of piperidine rings is 1. The third-order valence-electron chi connectivity index (χ3n) is 4.56. The molecule has 2 aliphatic rings. The number of rotatable bonds is 4. The number of nitrogens with one attached hydrogen (secondary N) is 1. The Morgan fingerprint density at radius 3 is 2.64 bits per heavy atom. The van der Waals surface area contributed by atoms with E-state index < -0.39 is 0 Å². The molecule has 0 bridgehead atoms. The molecule has 5 nitrogen and oxygen atoms in total. The smallest absolute Gasteiger partial charge is 0.239 e. The summed E-state index contributed by atoms with van der Waals surface area (Å²) in [6, 6.07) is 9.66. The van der Waals surface area contributed by atoms with Crippen molar-refractivity contribution < 1.29 is 14.6 Å². The number of amides is 1. The number of aliphatic hydroxyl groups excluding tert-OH is 1. The molecule has 2 heterocycles. The molecule has 120 valence electrons. The molecule has 5 heteroatoms. The zero-order valence-electron chi connectivity index (χ0n) is 12.8. The average molecular weight is 304 g/mol. The molecule has 2 aliphatic heterocycles. The van der Waals surface area contributed by atoms with E-state index in [0.29, 0.717) is 25.5 Å². The van der Waals surface area contributed by atoms with E-state index in [-0.39, 0.29) is 18.1 Å². The van der Waals surface area contributed by atoms with Crippen LogP contribution in [-0.2, 0) is 4.79 Å². The first-order valence-electron chi connectivity index (χ1n) is 8.10. The lowest BCUT2D eigenvalue weighted by molar-refractivity contribution is -0.134. The van der Waals surface area contributed by atoms with Crippen LogP contribution in [0, 0.1) is 5.92 Å². The van der Waals surface area contributed by atoms with Gasteiger partial charge in [0.1, 0.15) is 5.75 Å². The Morgan fingerprint density at radius 2 is 2.00 bits per heavy atom. The van der Waals surface area contributed by atoms with Gasteiger partial charge in [0.25, 0.3) is 0 Å². The highest BCUT2D eigenvalue weighted by atomic mass is 16.5. The maximum atomic E-state index is 12.4. The standard InChI is InChI=1S/C17H24N2O3/c20-14-10-16(18-11-14)17(21)19-8-6-13(7-9-19)12-22-15-4-2-1-3-5-15/h1-5,13-14,16,18,20H,6-12H2. The Labute approximate surface area is 131 Å². The summed E-state index contributed by atoms with van der Waals surface area (Å²) in [6.07, 6.45) is 2.11. The number of likely N-dealkylation sites (tertiary alicyclic amines) is 1. The minimum Gasteiger partial charge on any atom is -0.493 e. The van der Waals surface area contributed by atoms with Crippen LogP contribution in [0.1, 0.15) is 19.3 Å². The lowest BCUT2D eigenvalue weighted by Crippen LogP contribution is -2.47. The topological polar surface area (TPSA) is 61.8 Å². The van der Waals surface area contributed by atoms with Gasteiger partial charge in [0.2, 0.25) is 5.91 Å². The van der Waals surface area contributed by atoms with Crippen LogP contribution >= 0.6 is 0 Å². The number of carbonyl (C=O) groups is 1. The molecular weight excluding hydrogens is 280 g/mol. The van der Waals surface area contributed by atoms with Crippen LogP contribution in [0.25, 0.3) is 0 Å². The van der Waals surface area contributed by atoms with E-state index in [4.69, 9.17) is 4.74 Å². The van der Waals surface area contributed by atoms with Crippen LogP contribution in [0.3, 0.4) is 0 Å². The van der Waals surface area contributed by atoms with Crippen LogP contribution in [0.4, 0.5) is 0 Å². The minimum atomic E-state index is -0.384. The van der Waals surface area contributed by atoms with E-state index in [2.05, 4.69) is 5.32 Å². The lowest BCUT2D eigenvalue weighted by atomic mass is 9.97. The lowest BCUT2D eigenvalue weighted by Gasteiger charge is -2.33. The van der Waals surface area contributed by atoms with Crippen molar-refractivity contribution in [3.63, 3.8) is 0 Å². The highest BCUT2D eigenvalue weighted by Gasteiger charge is 2.33. The number of benzene rings is 1. The number of β-amino-alcohol motifs (C(OH)–C–C–N with tert-alkyl or cyclic N) is 1. The van der Waals surface area contributed by atoms with Crippen molar-refractivity contribution in [1.82, 2.24) is 10.2 Å². The summed E-state index contributed by atoms with van der Waals surface area (Å²) in [5, 5.41) is 12.6. The van der Waals surface area contributed by atoms with E-state index >= 15 is 0 Å². The molecular formula is C17H24N2O3. The second-order valence-corrected chi connectivity index (χ2v) is 6.24. The van der Waals surface area contributed by atoms with E-state index in [1.807, 2.05) is 35.2 Å². The van der Waals surface area contributed by atoms with Crippen molar-refractivity contribution in [2.24, 2.45) is 5.92 Å². The Hall–Kier alpha value is -1.59. The molecule has 1 aromatic rings. The Morgan fingerprint density at radius 1 is 1.27 bits per heavy atom. The number of hydrogen-bond acceptors (Lipinski definition) is 4. The fraction of sp³-hybridized carbons (Fsp3) is 0.588. The van der Waals surface area contributed by atoms with Gasteiger partial charge in [-0.05, 0) is 37.3 Å².